The number of aliphatic hydroxyl groups is 1. The van der Waals surface area contributed by atoms with Gasteiger partial charge in [0.15, 0.2) is 6.10 Å². The third-order valence-electron chi connectivity index (χ3n) is 1.92. The molecule has 0 spiro atoms. The molecule has 13 heteroatoms. The Balaban J connectivity index is 5.97. The maximum atomic E-state index is 12.7. The summed E-state index contributed by atoms with van der Waals surface area (Å²) < 4.78 is 143. The van der Waals surface area contributed by atoms with Crippen LogP contribution in [0.4, 0.5) is 52.7 Å². The monoisotopic (exact) mass is 318 g/mol. The van der Waals surface area contributed by atoms with E-state index >= 15 is 0 Å². The third-order valence-corrected chi connectivity index (χ3v) is 1.92. The molecule has 0 aromatic rings. The van der Waals surface area contributed by atoms with E-state index in [-0.39, 0.29) is 0 Å². The normalized spacial score (nSPS) is 17.5. The van der Waals surface area contributed by atoms with Crippen LogP contribution < -0.4 is 0 Å². The van der Waals surface area contributed by atoms with Crippen LogP contribution in [0.5, 0.6) is 0 Å². The Labute approximate surface area is 95.3 Å². The molecule has 0 aliphatic carbocycles. The third kappa shape index (κ3) is 2.69. The van der Waals surface area contributed by atoms with Gasteiger partial charge in [-0.15, -0.1) is 0 Å². The van der Waals surface area contributed by atoms with Gasteiger partial charge in [0.25, 0.3) is 0 Å². The highest BCUT2D eigenvalue weighted by Gasteiger charge is 2.83. The second-order valence-electron chi connectivity index (χ2n) is 3.23. The summed E-state index contributed by atoms with van der Waals surface area (Å²) in [6.07, 6.45) is -27.2. The SMILES string of the molecule is OC(C(F)(F)C(F)(F)F)C(F)(C(F)(F)F)C(F)(F)F. The Morgan fingerprint density at radius 2 is 0.789 bits per heavy atom. The van der Waals surface area contributed by atoms with Crippen LogP contribution in [0.25, 0.3) is 0 Å². The molecule has 19 heavy (non-hydrogen) atoms. The Hall–Kier alpha value is -0.880. The first-order chi connectivity index (χ1) is 7.90. The summed E-state index contributed by atoms with van der Waals surface area (Å²) in [5, 5.41) is 8.02. The average molecular weight is 318 g/mol. The topological polar surface area (TPSA) is 20.2 Å². The Bertz CT molecular complexity index is 307. The minimum atomic E-state index is -7.24. The molecular formula is C6H2F12O. The number of alkyl halides is 12. The fraction of sp³-hybridized carbons (Fsp3) is 1.00. The molecule has 0 rings (SSSR count). The first-order valence-corrected chi connectivity index (χ1v) is 3.85. The van der Waals surface area contributed by atoms with E-state index in [4.69, 9.17) is 5.11 Å². The van der Waals surface area contributed by atoms with Gasteiger partial charge in [0, 0.05) is 0 Å². The fourth-order valence-electron chi connectivity index (χ4n) is 0.876. The fourth-order valence-corrected chi connectivity index (χ4v) is 0.876. The number of rotatable bonds is 2. The van der Waals surface area contributed by atoms with Crippen molar-refractivity contribution in [2.75, 3.05) is 0 Å². The van der Waals surface area contributed by atoms with Gasteiger partial charge in [0.2, 0.25) is 0 Å². The van der Waals surface area contributed by atoms with E-state index in [1.807, 2.05) is 0 Å². The van der Waals surface area contributed by atoms with Crippen LogP contribution >= 0.6 is 0 Å². The van der Waals surface area contributed by atoms with E-state index in [2.05, 4.69) is 0 Å². The summed E-state index contributed by atoms with van der Waals surface area (Å²) in [6, 6.07) is 0. The molecular weight excluding hydrogens is 316 g/mol. The van der Waals surface area contributed by atoms with Crippen LogP contribution in [-0.2, 0) is 0 Å². The molecule has 1 nitrogen and oxygen atoms in total. The number of aliphatic hydroxyl groups excluding tert-OH is 1. The zero-order valence-electron chi connectivity index (χ0n) is 8.06. The van der Waals surface area contributed by atoms with Crippen molar-refractivity contribution in [2.45, 2.75) is 36.2 Å². The van der Waals surface area contributed by atoms with Gasteiger partial charge < -0.3 is 5.11 Å². The van der Waals surface area contributed by atoms with E-state index in [0.717, 1.165) is 0 Å². The molecule has 116 valence electrons. The zero-order chi connectivity index (χ0) is 16.1. The van der Waals surface area contributed by atoms with E-state index in [1.165, 1.54) is 0 Å². The van der Waals surface area contributed by atoms with Gasteiger partial charge in [-0.05, 0) is 0 Å². The van der Waals surface area contributed by atoms with Gasteiger partial charge in [0.05, 0.1) is 0 Å². The number of hydrogen-bond acceptors (Lipinski definition) is 1. The van der Waals surface area contributed by atoms with E-state index in [9.17, 15) is 52.7 Å². The standard InChI is InChI=1S/C6H2F12O/c7-2(4(10,11)12,5(13,14)15)1(19)3(8,9)6(16,17)18/h1,19H. The highest BCUT2D eigenvalue weighted by Crippen LogP contribution is 2.54. The average Bonchev–Trinajstić information content (AvgIpc) is 2.09. The zero-order valence-corrected chi connectivity index (χ0v) is 8.06. The largest absolute Gasteiger partial charge is 0.456 e. The molecule has 1 atom stereocenters. The van der Waals surface area contributed by atoms with Crippen LogP contribution in [0.1, 0.15) is 0 Å². The first-order valence-electron chi connectivity index (χ1n) is 3.85. The number of halogens is 12. The molecule has 0 saturated carbocycles. The van der Waals surface area contributed by atoms with Crippen LogP contribution in [-0.4, -0.2) is 41.3 Å². The molecule has 0 fully saturated rings. The van der Waals surface area contributed by atoms with Crippen molar-refractivity contribution in [1.29, 1.82) is 0 Å². The van der Waals surface area contributed by atoms with Crippen molar-refractivity contribution in [1.82, 2.24) is 0 Å². The predicted octanol–water partition coefficient (Wildman–Crippen LogP) is 3.38. The van der Waals surface area contributed by atoms with Crippen LogP contribution in [0.3, 0.4) is 0 Å². The predicted molar refractivity (Wildman–Crippen MR) is 33.0 cm³/mol. The highest BCUT2D eigenvalue weighted by molar-refractivity contribution is 5.07. The molecule has 0 aromatic carbocycles. The Morgan fingerprint density at radius 1 is 0.526 bits per heavy atom. The molecule has 1 N–H and O–H groups in total. The lowest BCUT2D eigenvalue weighted by Crippen LogP contribution is -2.68. The van der Waals surface area contributed by atoms with Gasteiger partial charge in [-0.3, -0.25) is 0 Å². The molecule has 0 aromatic heterocycles. The van der Waals surface area contributed by atoms with Crippen molar-refractivity contribution in [3.8, 4) is 0 Å². The van der Waals surface area contributed by atoms with Gasteiger partial charge in [-0.25, -0.2) is 4.39 Å². The molecule has 0 saturated heterocycles. The summed E-state index contributed by atoms with van der Waals surface area (Å²) in [5.74, 6) is -6.97. The smallest absolute Gasteiger partial charge is 0.383 e. The van der Waals surface area contributed by atoms with Gasteiger partial charge in [-0.1, -0.05) is 0 Å². The summed E-state index contributed by atoms with van der Waals surface area (Å²) in [5.41, 5.74) is -7.14. The minimum Gasteiger partial charge on any atom is -0.383 e. The lowest BCUT2D eigenvalue weighted by Gasteiger charge is -2.37. The second-order valence-corrected chi connectivity index (χ2v) is 3.23. The lowest BCUT2D eigenvalue weighted by molar-refractivity contribution is -0.409. The highest BCUT2D eigenvalue weighted by atomic mass is 19.4. The van der Waals surface area contributed by atoms with Gasteiger partial charge in [0.1, 0.15) is 0 Å². The lowest BCUT2D eigenvalue weighted by atomic mass is 9.92. The minimum absolute atomic E-state index is 5.74. The quantitative estimate of drug-likeness (QED) is 0.774. The van der Waals surface area contributed by atoms with Gasteiger partial charge >= 0.3 is 30.1 Å². The van der Waals surface area contributed by atoms with Gasteiger partial charge in [-0.2, -0.15) is 48.3 Å². The Kier molecular flexibility index (Phi) is 4.11. The molecule has 0 aliphatic rings. The van der Waals surface area contributed by atoms with Crippen LogP contribution in [0.2, 0.25) is 0 Å². The molecule has 0 heterocycles. The van der Waals surface area contributed by atoms with Crippen molar-refractivity contribution in [3.05, 3.63) is 0 Å². The molecule has 0 aliphatic heterocycles. The molecule has 0 amide bonds. The summed E-state index contributed by atoms with van der Waals surface area (Å²) >= 11 is 0. The van der Waals surface area contributed by atoms with E-state index in [1.54, 1.807) is 0 Å². The van der Waals surface area contributed by atoms with Crippen molar-refractivity contribution in [2.24, 2.45) is 0 Å². The van der Waals surface area contributed by atoms with Crippen molar-refractivity contribution < 1.29 is 57.8 Å². The summed E-state index contributed by atoms with van der Waals surface area (Å²) in [6.45, 7) is 0. The molecule has 1 unspecified atom stereocenters. The first kappa shape index (κ1) is 18.1. The number of hydrogen-bond donors (Lipinski definition) is 1. The molecule has 0 bridgehead atoms. The van der Waals surface area contributed by atoms with E-state index < -0.39 is 36.2 Å². The van der Waals surface area contributed by atoms with Crippen LogP contribution in [0.15, 0.2) is 0 Å². The van der Waals surface area contributed by atoms with Crippen molar-refractivity contribution >= 4 is 0 Å². The Morgan fingerprint density at radius 3 is 0.947 bits per heavy atom. The maximum absolute atomic E-state index is 12.7. The molecule has 0 radical (unpaired) electrons. The summed E-state index contributed by atoms with van der Waals surface area (Å²) in [7, 11) is 0. The second kappa shape index (κ2) is 4.31. The van der Waals surface area contributed by atoms with Crippen LogP contribution in [0, 0.1) is 0 Å². The maximum Gasteiger partial charge on any atom is 0.456 e. The van der Waals surface area contributed by atoms with Crippen molar-refractivity contribution in [3.63, 3.8) is 0 Å². The van der Waals surface area contributed by atoms with E-state index in [0.29, 0.717) is 0 Å². The summed E-state index contributed by atoms with van der Waals surface area (Å²) in [4.78, 5) is 0.